The van der Waals surface area contributed by atoms with Crippen LogP contribution in [0.3, 0.4) is 0 Å². The Balaban J connectivity index is 1.44. The maximum Gasteiger partial charge on any atom is 0.294 e. The van der Waals surface area contributed by atoms with Gasteiger partial charge in [0.15, 0.2) is 0 Å². The number of hydrogen-bond acceptors (Lipinski definition) is 5. The van der Waals surface area contributed by atoms with E-state index in [1.807, 2.05) is 38.1 Å². The molecular formula is C27H21FI2N2O4S. The summed E-state index contributed by atoms with van der Waals surface area (Å²) in [7, 11) is 0. The van der Waals surface area contributed by atoms with Crippen molar-refractivity contribution in [2.45, 2.75) is 20.5 Å². The van der Waals surface area contributed by atoms with E-state index in [0.29, 0.717) is 22.6 Å². The molecule has 0 bridgehead atoms. The van der Waals surface area contributed by atoms with Crippen molar-refractivity contribution in [1.29, 1.82) is 0 Å². The Morgan fingerprint density at radius 2 is 1.76 bits per heavy atom. The van der Waals surface area contributed by atoms with Crippen molar-refractivity contribution in [2.75, 3.05) is 11.9 Å². The standard InChI is InChI=1S/C27H21FI2N2O4S/c1-15-7-8-19(9-16(15)2)31-24(33)13-32-26(34)23(37-27(32)35)12-17-10-21(29)25(22(30)11-17)36-14-18-5-3-4-6-20(18)28/h3-12H,13-14H2,1-2H3,(H,31,33)/b23-12+. The number of imide groups is 1. The number of nitrogens with zero attached hydrogens (tertiary/aromatic N) is 1. The number of anilines is 1. The molecule has 0 atom stereocenters. The van der Waals surface area contributed by atoms with Gasteiger partial charge in [-0.15, -0.1) is 0 Å². The van der Waals surface area contributed by atoms with Gasteiger partial charge in [0.25, 0.3) is 11.1 Å². The SMILES string of the molecule is Cc1ccc(NC(=O)CN2C(=O)S/C(=C/c3cc(I)c(OCc4ccccc4F)c(I)c3)C2=O)cc1C. The van der Waals surface area contributed by atoms with Crippen LogP contribution in [0.2, 0.25) is 0 Å². The predicted octanol–water partition coefficient (Wildman–Crippen LogP) is 6.91. The number of ether oxygens (including phenoxy) is 1. The number of aryl methyl sites for hydroxylation is 2. The second-order valence-corrected chi connectivity index (χ2v) is 11.6. The zero-order valence-corrected chi connectivity index (χ0v) is 24.9. The summed E-state index contributed by atoms with van der Waals surface area (Å²) in [5, 5.41) is 2.24. The molecule has 0 spiro atoms. The number of carbonyl (C=O) groups excluding carboxylic acids is 3. The van der Waals surface area contributed by atoms with Gasteiger partial charge in [-0.1, -0.05) is 24.3 Å². The van der Waals surface area contributed by atoms with Gasteiger partial charge in [-0.05, 0) is 124 Å². The van der Waals surface area contributed by atoms with E-state index in [9.17, 15) is 18.8 Å². The Hall–Kier alpha value is -2.45. The molecule has 3 aromatic rings. The third-order valence-electron chi connectivity index (χ3n) is 5.61. The summed E-state index contributed by atoms with van der Waals surface area (Å²) in [6, 6.07) is 15.6. The zero-order valence-electron chi connectivity index (χ0n) is 19.8. The van der Waals surface area contributed by atoms with Crippen LogP contribution in [0.15, 0.2) is 59.5 Å². The van der Waals surface area contributed by atoms with Gasteiger partial charge in [0.1, 0.15) is 24.7 Å². The van der Waals surface area contributed by atoms with Crippen LogP contribution in [0, 0.1) is 26.8 Å². The molecule has 0 radical (unpaired) electrons. The Bertz CT molecular complexity index is 1420. The fraction of sp³-hybridized carbons (Fsp3) is 0.148. The van der Waals surface area contributed by atoms with Gasteiger partial charge in [0, 0.05) is 11.3 Å². The molecule has 6 nitrogen and oxygen atoms in total. The summed E-state index contributed by atoms with van der Waals surface area (Å²) < 4.78 is 21.3. The van der Waals surface area contributed by atoms with Crippen LogP contribution in [0.25, 0.3) is 6.08 Å². The van der Waals surface area contributed by atoms with E-state index in [2.05, 4.69) is 50.5 Å². The largest absolute Gasteiger partial charge is 0.487 e. The molecule has 3 amide bonds. The molecule has 0 aromatic heterocycles. The van der Waals surface area contributed by atoms with E-state index >= 15 is 0 Å². The molecule has 1 fully saturated rings. The fourth-order valence-corrected chi connectivity index (χ4v) is 6.48. The molecule has 0 unspecified atom stereocenters. The van der Waals surface area contributed by atoms with E-state index in [-0.39, 0.29) is 23.9 Å². The average molecular weight is 742 g/mol. The first kappa shape index (κ1) is 27.6. The van der Waals surface area contributed by atoms with Crippen LogP contribution < -0.4 is 10.1 Å². The molecule has 10 heteroatoms. The maximum absolute atomic E-state index is 13.9. The minimum atomic E-state index is -0.518. The maximum atomic E-state index is 13.9. The van der Waals surface area contributed by atoms with Gasteiger partial charge in [0.05, 0.1) is 12.0 Å². The van der Waals surface area contributed by atoms with Gasteiger partial charge in [-0.25, -0.2) is 4.39 Å². The highest BCUT2D eigenvalue weighted by Crippen LogP contribution is 2.35. The molecule has 0 aliphatic carbocycles. The lowest BCUT2D eigenvalue weighted by Gasteiger charge is -2.13. The monoisotopic (exact) mass is 742 g/mol. The lowest BCUT2D eigenvalue weighted by Crippen LogP contribution is -2.36. The molecule has 3 aromatic carbocycles. The Labute approximate surface area is 245 Å². The summed E-state index contributed by atoms with van der Waals surface area (Å²) >= 11 is 5.03. The van der Waals surface area contributed by atoms with Gasteiger partial charge in [0.2, 0.25) is 5.91 Å². The molecule has 1 aliphatic heterocycles. The van der Waals surface area contributed by atoms with Gasteiger partial charge in [-0.2, -0.15) is 0 Å². The number of amides is 3. The highest BCUT2D eigenvalue weighted by molar-refractivity contribution is 14.1. The first-order chi connectivity index (χ1) is 17.6. The molecule has 1 N–H and O–H groups in total. The first-order valence-corrected chi connectivity index (χ1v) is 14.1. The summed E-state index contributed by atoms with van der Waals surface area (Å²) in [5.74, 6) is -0.692. The van der Waals surface area contributed by atoms with Crippen molar-refractivity contribution >= 4 is 85.8 Å². The zero-order chi connectivity index (χ0) is 26.7. The Morgan fingerprint density at radius 1 is 1.05 bits per heavy atom. The van der Waals surface area contributed by atoms with Gasteiger partial charge in [-0.3, -0.25) is 19.3 Å². The Kier molecular flexibility index (Phi) is 8.90. The second kappa shape index (κ2) is 11.9. The molecule has 1 aliphatic rings. The highest BCUT2D eigenvalue weighted by Gasteiger charge is 2.36. The van der Waals surface area contributed by atoms with Crippen LogP contribution in [-0.2, 0) is 16.2 Å². The molecule has 37 heavy (non-hydrogen) atoms. The smallest absolute Gasteiger partial charge is 0.294 e. The molecule has 1 saturated heterocycles. The molecule has 0 saturated carbocycles. The number of hydrogen-bond donors (Lipinski definition) is 1. The van der Waals surface area contributed by atoms with Crippen molar-refractivity contribution < 1.29 is 23.5 Å². The lowest BCUT2D eigenvalue weighted by molar-refractivity contribution is -0.127. The number of carbonyl (C=O) groups is 3. The minimum Gasteiger partial charge on any atom is -0.487 e. The van der Waals surface area contributed by atoms with Crippen LogP contribution >= 0.6 is 56.9 Å². The van der Waals surface area contributed by atoms with Crippen LogP contribution in [0.5, 0.6) is 5.75 Å². The van der Waals surface area contributed by atoms with Crippen LogP contribution in [-0.4, -0.2) is 28.5 Å². The number of nitrogens with one attached hydrogen (secondary N) is 1. The summed E-state index contributed by atoms with van der Waals surface area (Å²) in [6.45, 7) is 3.63. The van der Waals surface area contributed by atoms with Crippen molar-refractivity contribution in [3.8, 4) is 5.75 Å². The van der Waals surface area contributed by atoms with E-state index in [4.69, 9.17) is 4.74 Å². The van der Waals surface area contributed by atoms with E-state index in [1.165, 1.54) is 6.07 Å². The lowest BCUT2D eigenvalue weighted by atomic mass is 10.1. The normalized spacial score (nSPS) is 14.4. The second-order valence-electron chi connectivity index (χ2n) is 8.31. The number of thioether (sulfide) groups is 1. The topological polar surface area (TPSA) is 75.7 Å². The molecule has 190 valence electrons. The van der Waals surface area contributed by atoms with Crippen molar-refractivity contribution in [1.82, 2.24) is 4.90 Å². The average Bonchev–Trinajstić information content (AvgIpc) is 3.09. The van der Waals surface area contributed by atoms with E-state index in [1.54, 1.807) is 30.3 Å². The quantitative estimate of drug-likeness (QED) is 0.211. The number of rotatable bonds is 7. The first-order valence-electron chi connectivity index (χ1n) is 11.1. The number of halogens is 3. The van der Waals surface area contributed by atoms with Crippen molar-refractivity contribution in [3.63, 3.8) is 0 Å². The van der Waals surface area contributed by atoms with E-state index in [0.717, 1.165) is 34.9 Å². The van der Waals surface area contributed by atoms with Gasteiger partial charge < -0.3 is 10.1 Å². The van der Waals surface area contributed by atoms with Crippen LogP contribution in [0.4, 0.5) is 14.9 Å². The van der Waals surface area contributed by atoms with Gasteiger partial charge >= 0.3 is 0 Å². The highest BCUT2D eigenvalue weighted by atomic mass is 127. The third-order valence-corrected chi connectivity index (χ3v) is 8.12. The number of benzene rings is 3. The summed E-state index contributed by atoms with van der Waals surface area (Å²) in [4.78, 5) is 39.1. The minimum absolute atomic E-state index is 0.0845. The molecule has 1 heterocycles. The Morgan fingerprint density at radius 3 is 2.43 bits per heavy atom. The van der Waals surface area contributed by atoms with Crippen molar-refractivity contribution in [3.05, 3.63) is 94.7 Å². The third kappa shape index (κ3) is 6.71. The van der Waals surface area contributed by atoms with Crippen molar-refractivity contribution in [2.24, 2.45) is 0 Å². The predicted molar refractivity (Wildman–Crippen MR) is 160 cm³/mol. The molecule has 4 rings (SSSR count). The van der Waals surface area contributed by atoms with Crippen LogP contribution in [0.1, 0.15) is 22.3 Å². The summed E-state index contributed by atoms with van der Waals surface area (Å²) in [6.07, 6.45) is 1.62. The van der Waals surface area contributed by atoms with E-state index < -0.39 is 17.1 Å². The molecular weight excluding hydrogens is 721 g/mol. The fourth-order valence-electron chi connectivity index (χ4n) is 3.52. The summed E-state index contributed by atoms with van der Waals surface area (Å²) in [5.41, 5.74) is 3.89.